The van der Waals surface area contributed by atoms with Crippen LogP contribution in [0.4, 0.5) is 5.69 Å². The Labute approximate surface area is 123 Å². The molecular formula is C15H19NO5. The number of nitrogens with one attached hydrogen (secondary N) is 1. The first-order chi connectivity index (χ1) is 10.1. The number of anilines is 1. The molecule has 1 aromatic rings. The van der Waals surface area contributed by atoms with Gasteiger partial charge in [0, 0.05) is 31.9 Å². The van der Waals surface area contributed by atoms with Gasteiger partial charge in [-0.3, -0.25) is 4.79 Å². The standard InChI is InChI=1S/C15H19NO5/c1-20-9-10-6-12(15(18)19)8-13(7-10)16-14(17)11-2-4-21-5-3-11/h6-8,11H,2-5,9H2,1H3,(H,16,17)(H,18,19). The van der Waals surface area contributed by atoms with Crippen molar-refractivity contribution in [2.45, 2.75) is 19.4 Å². The molecule has 1 aromatic carbocycles. The number of amides is 1. The molecule has 6 heteroatoms. The van der Waals surface area contributed by atoms with Crippen LogP contribution in [0.5, 0.6) is 0 Å². The molecule has 1 heterocycles. The normalized spacial score (nSPS) is 15.7. The Hall–Kier alpha value is -1.92. The van der Waals surface area contributed by atoms with Gasteiger partial charge >= 0.3 is 5.97 Å². The van der Waals surface area contributed by atoms with E-state index in [1.54, 1.807) is 6.07 Å². The zero-order chi connectivity index (χ0) is 15.2. The molecule has 2 N–H and O–H groups in total. The molecule has 1 saturated heterocycles. The molecule has 0 atom stereocenters. The van der Waals surface area contributed by atoms with Crippen molar-refractivity contribution >= 4 is 17.6 Å². The molecule has 0 aromatic heterocycles. The Morgan fingerprint density at radius 1 is 1.33 bits per heavy atom. The number of hydrogen-bond acceptors (Lipinski definition) is 4. The van der Waals surface area contributed by atoms with E-state index < -0.39 is 5.97 Å². The number of aromatic carboxylic acids is 1. The number of carboxylic acid groups (broad SMARTS) is 1. The second-order valence-electron chi connectivity index (χ2n) is 5.03. The van der Waals surface area contributed by atoms with Gasteiger partial charge in [0.1, 0.15) is 0 Å². The highest BCUT2D eigenvalue weighted by atomic mass is 16.5. The van der Waals surface area contributed by atoms with Crippen LogP contribution >= 0.6 is 0 Å². The quantitative estimate of drug-likeness (QED) is 0.866. The molecule has 0 radical (unpaired) electrons. The molecule has 0 spiro atoms. The van der Waals surface area contributed by atoms with Crippen LogP contribution in [0.1, 0.15) is 28.8 Å². The summed E-state index contributed by atoms with van der Waals surface area (Å²) in [5.74, 6) is -1.21. The third-order valence-corrected chi connectivity index (χ3v) is 3.41. The number of benzene rings is 1. The summed E-state index contributed by atoms with van der Waals surface area (Å²) in [5.41, 5.74) is 1.32. The second-order valence-corrected chi connectivity index (χ2v) is 5.03. The van der Waals surface area contributed by atoms with E-state index in [1.165, 1.54) is 19.2 Å². The Kier molecular flexibility index (Phi) is 5.30. The summed E-state index contributed by atoms with van der Waals surface area (Å²) < 4.78 is 10.2. The van der Waals surface area contributed by atoms with Crippen LogP contribution in [0.2, 0.25) is 0 Å². The molecule has 1 fully saturated rings. The minimum atomic E-state index is -1.03. The largest absolute Gasteiger partial charge is 0.478 e. The summed E-state index contributed by atoms with van der Waals surface area (Å²) in [7, 11) is 1.54. The topological polar surface area (TPSA) is 84.9 Å². The van der Waals surface area contributed by atoms with Crippen molar-refractivity contribution in [3.8, 4) is 0 Å². The highest BCUT2D eigenvalue weighted by molar-refractivity contribution is 5.95. The minimum Gasteiger partial charge on any atom is -0.478 e. The number of carboxylic acids is 1. The van der Waals surface area contributed by atoms with E-state index in [4.69, 9.17) is 14.6 Å². The van der Waals surface area contributed by atoms with E-state index in [1.807, 2.05) is 0 Å². The van der Waals surface area contributed by atoms with Gasteiger partial charge in [0.15, 0.2) is 0 Å². The number of rotatable bonds is 5. The summed E-state index contributed by atoms with van der Waals surface area (Å²) in [6, 6.07) is 4.72. The lowest BCUT2D eigenvalue weighted by Crippen LogP contribution is -2.28. The van der Waals surface area contributed by atoms with Crippen molar-refractivity contribution in [3.05, 3.63) is 29.3 Å². The smallest absolute Gasteiger partial charge is 0.335 e. The Morgan fingerprint density at radius 3 is 2.67 bits per heavy atom. The molecule has 0 unspecified atom stereocenters. The molecule has 6 nitrogen and oxygen atoms in total. The van der Waals surface area contributed by atoms with E-state index >= 15 is 0 Å². The van der Waals surface area contributed by atoms with Crippen molar-refractivity contribution in [3.63, 3.8) is 0 Å². The predicted molar refractivity (Wildman–Crippen MR) is 76.3 cm³/mol. The average Bonchev–Trinajstić information content (AvgIpc) is 2.48. The fourth-order valence-electron chi connectivity index (χ4n) is 2.34. The fraction of sp³-hybridized carbons (Fsp3) is 0.467. The number of methoxy groups -OCH3 is 1. The van der Waals surface area contributed by atoms with Gasteiger partial charge in [0.25, 0.3) is 0 Å². The molecule has 1 aliphatic rings. The van der Waals surface area contributed by atoms with Crippen LogP contribution in [-0.4, -0.2) is 37.3 Å². The van der Waals surface area contributed by atoms with Gasteiger partial charge in [0.05, 0.1) is 12.2 Å². The zero-order valence-electron chi connectivity index (χ0n) is 11.9. The first-order valence-electron chi connectivity index (χ1n) is 6.85. The van der Waals surface area contributed by atoms with Crippen molar-refractivity contribution in [1.82, 2.24) is 0 Å². The maximum absolute atomic E-state index is 12.2. The van der Waals surface area contributed by atoms with Crippen LogP contribution in [0.15, 0.2) is 18.2 Å². The first kappa shape index (κ1) is 15.5. The van der Waals surface area contributed by atoms with Gasteiger partial charge < -0.3 is 19.9 Å². The van der Waals surface area contributed by atoms with Crippen molar-refractivity contribution in [2.75, 3.05) is 25.6 Å². The molecule has 0 bridgehead atoms. The van der Waals surface area contributed by atoms with Gasteiger partial charge in [-0.25, -0.2) is 4.79 Å². The lowest BCUT2D eigenvalue weighted by Gasteiger charge is -2.21. The second kappa shape index (κ2) is 7.19. The van der Waals surface area contributed by atoms with Gasteiger partial charge in [-0.05, 0) is 36.6 Å². The molecule has 1 aliphatic heterocycles. The summed E-state index contributed by atoms with van der Waals surface area (Å²) >= 11 is 0. The molecule has 2 rings (SSSR count). The van der Waals surface area contributed by atoms with Crippen molar-refractivity contribution in [2.24, 2.45) is 5.92 Å². The summed E-state index contributed by atoms with van der Waals surface area (Å²) in [5, 5.41) is 11.9. The van der Waals surface area contributed by atoms with Crippen LogP contribution in [0, 0.1) is 5.92 Å². The van der Waals surface area contributed by atoms with Gasteiger partial charge in [-0.15, -0.1) is 0 Å². The fourth-order valence-corrected chi connectivity index (χ4v) is 2.34. The van der Waals surface area contributed by atoms with E-state index in [-0.39, 0.29) is 17.4 Å². The maximum atomic E-state index is 12.2. The molecule has 21 heavy (non-hydrogen) atoms. The molecule has 0 saturated carbocycles. The van der Waals surface area contributed by atoms with E-state index in [9.17, 15) is 9.59 Å². The van der Waals surface area contributed by atoms with Crippen molar-refractivity contribution in [1.29, 1.82) is 0 Å². The van der Waals surface area contributed by atoms with Crippen molar-refractivity contribution < 1.29 is 24.2 Å². The van der Waals surface area contributed by atoms with Crippen LogP contribution in [0.25, 0.3) is 0 Å². The highest BCUT2D eigenvalue weighted by Gasteiger charge is 2.22. The van der Waals surface area contributed by atoms with E-state index in [0.29, 0.717) is 43.9 Å². The monoisotopic (exact) mass is 293 g/mol. The average molecular weight is 293 g/mol. The van der Waals surface area contributed by atoms with Gasteiger partial charge in [-0.1, -0.05) is 0 Å². The lowest BCUT2D eigenvalue weighted by molar-refractivity contribution is -0.122. The summed E-state index contributed by atoms with van der Waals surface area (Å²) in [6.07, 6.45) is 1.38. The lowest BCUT2D eigenvalue weighted by atomic mass is 9.99. The zero-order valence-corrected chi connectivity index (χ0v) is 11.9. The van der Waals surface area contributed by atoms with Gasteiger partial charge in [0.2, 0.25) is 5.91 Å². The first-order valence-corrected chi connectivity index (χ1v) is 6.85. The third kappa shape index (κ3) is 4.27. The number of carbonyl (C=O) groups excluding carboxylic acids is 1. The van der Waals surface area contributed by atoms with Crippen LogP contribution in [-0.2, 0) is 20.9 Å². The number of ether oxygens (including phenoxy) is 2. The van der Waals surface area contributed by atoms with E-state index in [0.717, 1.165) is 0 Å². The van der Waals surface area contributed by atoms with Crippen LogP contribution in [0.3, 0.4) is 0 Å². The predicted octanol–water partition coefficient (Wildman–Crippen LogP) is 1.90. The highest BCUT2D eigenvalue weighted by Crippen LogP contribution is 2.20. The van der Waals surface area contributed by atoms with E-state index in [2.05, 4.69) is 5.32 Å². The van der Waals surface area contributed by atoms with Gasteiger partial charge in [-0.2, -0.15) is 0 Å². The molecular weight excluding hydrogens is 274 g/mol. The minimum absolute atomic E-state index is 0.0851. The summed E-state index contributed by atoms with van der Waals surface area (Å²) in [4.78, 5) is 23.3. The number of carbonyl (C=O) groups is 2. The Morgan fingerprint density at radius 2 is 2.05 bits per heavy atom. The SMILES string of the molecule is COCc1cc(NC(=O)C2CCOCC2)cc(C(=O)O)c1. The number of hydrogen-bond donors (Lipinski definition) is 2. The molecule has 1 amide bonds. The Bertz CT molecular complexity index is 523. The Balaban J connectivity index is 2.13. The summed E-state index contributed by atoms with van der Waals surface area (Å²) in [6.45, 7) is 1.46. The maximum Gasteiger partial charge on any atom is 0.335 e. The van der Waals surface area contributed by atoms with Crippen LogP contribution < -0.4 is 5.32 Å². The molecule has 0 aliphatic carbocycles. The molecule has 114 valence electrons. The third-order valence-electron chi connectivity index (χ3n) is 3.41.